The van der Waals surface area contributed by atoms with Crippen LogP contribution in [0.15, 0.2) is 0 Å². The average molecular weight is 268 g/mol. The van der Waals surface area contributed by atoms with Crippen LogP contribution in [-0.4, -0.2) is 49.3 Å². The summed E-state index contributed by atoms with van der Waals surface area (Å²) in [6, 6.07) is 0. The molecule has 2 saturated carbocycles. The summed E-state index contributed by atoms with van der Waals surface area (Å²) in [5.74, 6) is 3.06. The Morgan fingerprint density at radius 3 is 2.63 bits per heavy atom. The number of nitrogens with zero attached hydrogens (tertiary/aromatic N) is 1. The summed E-state index contributed by atoms with van der Waals surface area (Å²) in [5.41, 5.74) is -0.104. The Balaban J connectivity index is 1.63. The van der Waals surface area contributed by atoms with Gasteiger partial charge < -0.3 is 15.3 Å². The molecule has 0 heterocycles. The van der Waals surface area contributed by atoms with E-state index < -0.39 is 0 Å². The SMILES string of the molecule is CNC(C)(CO)CCCN(C)CC1CC2CCC1C2. The van der Waals surface area contributed by atoms with Gasteiger partial charge in [0.15, 0.2) is 0 Å². The van der Waals surface area contributed by atoms with Crippen molar-refractivity contribution >= 4 is 0 Å². The molecule has 0 saturated heterocycles. The standard InChI is InChI=1S/C16H32N2O/c1-16(12-19,17-2)7-4-8-18(3)11-15-10-13-5-6-14(15)9-13/h13-15,17,19H,4-12H2,1-3H3. The molecule has 2 fully saturated rings. The van der Waals surface area contributed by atoms with Crippen LogP contribution in [0, 0.1) is 17.8 Å². The number of likely N-dealkylation sites (N-methyl/N-ethyl adjacent to an activating group) is 1. The minimum atomic E-state index is -0.104. The number of rotatable bonds is 8. The monoisotopic (exact) mass is 268 g/mol. The first-order valence-corrected chi connectivity index (χ1v) is 8.04. The van der Waals surface area contributed by atoms with Gasteiger partial charge in [-0.05, 0) is 77.4 Å². The maximum Gasteiger partial charge on any atom is 0.0610 e. The van der Waals surface area contributed by atoms with E-state index >= 15 is 0 Å². The van der Waals surface area contributed by atoms with Crippen molar-refractivity contribution in [2.45, 2.75) is 51.0 Å². The van der Waals surface area contributed by atoms with Crippen molar-refractivity contribution in [3.8, 4) is 0 Å². The Kier molecular flexibility index (Phi) is 5.27. The fraction of sp³-hybridized carbons (Fsp3) is 1.00. The average Bonchev–Trinajstić information content (AvgIpc) is 3.00. The van der Waals surface area contributed by atoms with Crippen molar-refractivity contribution < 1.29 is 5.11 Å². The first-order valence-electron chi connectivity index (χ1n) is 8.04. The van der Waals surface area contributed by atoms with Gasteiger partial charge in [-0.25, -0.2) is 0 Å². The second-order valence-electron chi connectivity index (χ2n) is 7.27. The number of aliphatic hydroxyl groups excluding tert-OH is 1. The zero-order valence-electron chi connectivity index (χ0n) is 13.0. The third-order valence-corrected chi connectivity index (χ3v) is 5.65. The van der Waals surface area contributed by atoms with Gasteiger partial charge in [-0.2, -0.15) is 0 Å². The molecule has 112 valence electrons. The second-order valence-corrected chi connectivity index (χ2v) is 7.27. The lowest BCUT2D eigenvalue weighted by molar-refractivity contribution is 0.161. The highest BCUT2D eigenvalue weighted by Gasteiger charge is 2.39. The van der Waals surface area contributed by atoms with Crippen LogP contribution >= 0.6 is 0 Å². The second kappa shape index (κ2) is 6.55. The number of aliphatic hydroxyl groups is 1. The van der Waals surface area contributed by atoms with E-state index in [0.717, 1.165) is 37.1 Å². The summed E-state index contributed by atoms with van der Waals surface area (Å²) in [4.78, 5) is 2.51. The van der Waals surface area contributed by atoms with E-state index in [9.17, 15) is 5.11 Å². The van der Waals surface area contributed by atoms with Gasteiger partial charge in [0.2, 0.25) is 0 Å². The molecule has 19 heavy (non-hydrogen) atoms. The van der Waals surface area contributed by atoms with Crippen molar-refractivity contribution in [2.24, 2.45) is 17.8 Å². The quantitative estimate of drug-likeness (QED) is 0.708. The van der Waals surface area contributed by atoms with Crippen LogP contribution in [0.3, 0.4) is 0 Å². The predicted molar refractivity (Wildman–Crippen MR) is 80.2 cm³/mol. The van der Waals surface area contributed by atoms with Crippen molar-refractivity contribution in [3.63, 3.8) is 0 Å². The van der Waals surface area contributed by atoms with Crippen molar-refractivity contribution in [1.82, 2.24) is 10.2 Å². The third-order valence-electron chi connectivity index (χ3n) is 5.65. The largest absolute Gasteiger partial charge is 0.394 e. The van der Waals surface area contributed by atoms with Crippen LogP contribution in [0.2, 0.25) is 0 Å². The molecule has 4 unspecified atom stereocenters. The molecule has 2 bridgehead atoms. The molecular weight excluding hydrogens is 236 g/mol. The smallest absolute Gasteiger partial charge is 0.0610 e. The molecule has 0 spiro atoms. The van der Waals surface area contributed by atoms with E-state index in [2.05, 4.69) is 24.2 Å². The molecule has 3 heteroatoms. The highest BCUT2D eigenvalue weighted by Crippen LogP contribution is 2.48. The van der Waals surface area contributed by atoms with Gasteiger partial charge in [0.25, 0.3) is 0 Å². The summed E-state index contributed by atoms with van der Waals surface area (Å²) < 4.78 is 0. The highest BCUT2D eigenvalue weighted by atomic mass is 16.3. The Morgan fingerprint density at radius 1 is 1.32 bits per heavy atom. The van der Waals surface area contributed by atoms with Crippen LogP contribution in [0.4, 0.5) is 0 Å². The summed E-state index contributed by atoms with van der Waals surface area (Å²) in [7, 11) is 4.21. The molecule has 3 nitrogen and oxygen atoms in total. The Bertz CT molecular complexity index is 278. The summed E-state index contributed by atoms with van der Waals surface area (Å²) in [6.07, 6.45) is 8.20. The summed E-state index contributed by atoms with van der Waals surface area (Å²) in [5, 5.41) is 12.6. The highest BCUT2D eigenvalue weighted by molar-refractivity contribution is 4.91. The van der Waals surface area contributed by atoms with Gasteiger partial charge in [0.1, 0.15) is 0 Å². The van der Waals surface area contributed by atoms with Gasteiger partial charge in [-0.3, -0.25) is 0 Å². The van der Waals surface area contributed by atoms with E-state index in [1.165, 1.54) is 32.2 Å². The van der Waals surface area contributed by atoms with Crippen LogP contribution in [0.25, 0.3) is 0 Å². The Labute approximate surface area is 118 Å². The number of fused-ring (bicyclic) bond motifs is 2. The Morgan fingerprint density at radius 2 is 2.11 bits per heavy atom. The number of hydrogen-bond donors (Lipinski definition) is 2. The third kappa shape index (κ3) is 3.93. The molecule has 0 aliphatic heterocycles. The minimum Gasteiger partial charge on any atom is -0.394 e. The Hall–Kier alpha value is -0.120. The number of hydrogen-bond acceptors (Lipinski definition) is 3. The van der Waals surface area contributed by atoms with Gasteiger partial charge in [0.05, 0.1) is 6.61 Å². The van der Waals surface area contributed by atoms with E-state index in [4.69, 9.17) is 0 Å². The summed E-state index contributed by atoms with van der Waals surface area (Å²) in [6.45, 7) is 4.77. The maximum absolute atomic E-state index is 9.38. The molecule has 0 aromatic rings. The lowest BCUT2D eigenvalue weighted by Gasteiger charge is -2.30. The van der Waals surface area contributed by atoms with Gasteiger partial charge in [-0.1, -0.05) is 6.42 Å². The van der Waals surface area contributed by atoms with Gasteiger partial charge in [-0.15, -0.1) is 0 Å². The summed E-state index contributed by atoms with van der Waals surface area (Å²) >= 11 is 0. The van der Waals surface area contributed by atoms with Crippen LogP contribution in [0.5, 0.6) is 0 Å². The molecule has 4 atom stereocenters. The van der Waals surface area contributed by atoms with Crippen LogP contribution in [0.1, 0.15) is 45.4 Å². The van der Waals surface area contributed by atoms with Gasteiger partial charge in [0, 0.05) is 12.1 Å². The molecule has 0 amide bonds. The van der Waals surface area contributed by atoms with E-state index in [1.807, 2.05) is 7.05 Å². The van der Waals surface area contributed by atoms with Crippen LogP contribution in [-0.2, 0) is 0 Å². The zero-order chi connectivity index (χ0) is 13.9. The lowest BCUT2D eigenvalue weighted by Crippen LogP contribution is -2.44. The van der Waals surface area contributed by atoms with Crippen molar-refractivity contribution in [3.05, 3.63) is 0 Å². The molecular formula is C16H32N2O. The van der Waals surface area contributed by atoms with E-state index in [-0.39, 0.29) is 12.1 Å². The van der Waals surface area contributed by atoms with Crippen molar-refractivity contribution in [2.75, 3.05) is 33.8 Å². The first-order chi connectivity index (χ1) is 9.06. The molecule has 0 radical (unpaired) electrons. The molecule has 2 aliphatic carbocycles. The topological polar surface area (TPSA) is 35.5 Å². The minimum absolute atomic E-state index is 0.104. The zero-order valence-corrected chi connectivity index (χ0v) is 13.0. The maximum atomic E-state index is 9.38. The molecule has 2 aliphatic rings. The predicted octanol–water partition coefficient (Wildman–Crippen LogP) is 2.10. The fourth-order valence-corrected chi connectivity index (χ4v) is 4.11. The van der Waals surface area contributed by atoms with Gasteiger partial charge >= 0.3 is 0 Å². The van der Waals surface area contributed by atoms with E-state index in [0.29, 0.717) is 0 Å². The molecule has 2 N–H and O–H groups in total. The lowest BCUT2D eigenvalue weighted by atomic mass is 9.88. The van der Waals surface area contributed by atoms with Crippen LogP contribution < -0.4 is 5.32 Å². The van der Waals surface area contributed by atoms with E-state index in [1.54, 1.807) is 0 Å². The number of nitrogens with one attached hydrogen (secondary N) is 1. The van der Waals surface area contributed by atoms with Crippen molar-refractivity contribution in [1.29, 1.82) is 0 Å². The molecule has 2 rings (SSSR count). The molecule has 0 aromatic heterocycles. The fourth-order valence-electron chi connectivity index (χ4n) is 4.11. The first kappa shape index (κ1) is 15.3. The molecule has 0 aromatic carbocycles. The normalized spacial score (nSPS) is 33.0.